The number of thioether (sulfide) groups is 1. The number of phenols is 1. The molecule has 0 radical (unpaired) electrons. The lowest BCUT2D eigenvalue weighted by Crippen LogP contribution is -1.81. The molecule has 0 atom stereocenters. The topological polar surface area (TPSA) is 20.2 Å². The molecule has 15 heavy (non-hydrogen) atoms. The van der Waals surface area contributed by atoms with E-state index in [4.69, 9.17) is 0 Å². The summed E-state index contributed by atoms with van der Waals surface area (Å²) in [4.78, 5) is 1.18. The van der Waals surface area contributed by atoms with Crippen LogP contribution < -0.4 is 0 Å². The second kappa shape index (κ2) is 4.41. The van der Waals surface area contributed by atoms with Gasteiger partial charge in [0.05, 0.1) is 0 Å². The first kappa shape index (κ1) is 10.1. The fourth-order valence-corrected chi connectivity index (χ4v) is 2.18. The molecular formula is C13H12OS. The summed E-state index contributed by atoms with van der Waals surface area (Å²) < 4.78 is 0. The molecule has 0 aliphatic heterocycles. The molecule has 76 valence electrons. The van der Waals surface area contributed by atoms with Gasteiger partial charge in [-0.1, -0.05) is 36.4 Å². The van der Waals surface area contributed by atoms with Gasteiger partial charge in [-0.3, -0.25) is 0 Å². The average molecular weight is 216 g/mol. The van der Waals surface area contributed by atoms with Crippen molar-refractivity contribution in [1.82, 2.24) is 0 Å². The Morgan fingerprint density at radius 1 is 0.867 bits per heavy atom. The van der Waals surface area contributed by atoms with Gasteiger partial charge in [0.25, 0.3) is 0 Å². The van der Waals surface area contributed by atoms with E-state index in [-0.39, 0.29) is 0 Å². The zero-order valence-electron chi connectivity index (χ0n) is 8.47. The molecule has 1 N–H and O–H groups in total. The van der Waals surface area contributed by atoms with Crippen molar-refractivity contribution in [3.8, 4) is 16.9 Å². The van der Waals surface area contributed by atoms with Crippen molar-refractivity contribution in [2.45, 2.75) is 4.90 Å². The zero-order valence-corrected chi connectivity index (χ0v) is 9.29. The Kier molecular flexibility index (Phi) is 2.97. The van der Waals surface area contributed by atoms with Crippen LogP contribution in [0.4, 0.5) is 0 Å². The minimum absolute atomic E-state index is 0.332. The van der Waals surface area contributed by atoms with Crippen molar-refractivity contribution in [3.63, 3.8) is 0 Å². The van der Waals surface area contributed by atoms with Gasteiger partial charge in [-0.25, -0.2) is 0 Å². The number of rotatable bonds is 2. The summed E-state index contributed by atoms with van der Waals surface area (Å²) in [5.41, 5.74) is 1.98. The predicted octanol–water partition coefficient (Wildman–Crippen LogP) is 3.78. The molecule has 0 aromatic heterocycles. The van der Waals surface area contributed by atoms with E-state index >= 15 is 0 Å². The Bertz CT molecular complexity index is 466. The average Bonchev–Trinajstić information content (AvgIpc) is 2.30. The predicted molar refractivity (Wildman–Crippen MR) is 65.3 cm³/mol. The van der Waals surface area contributed by atoms with E-state index in [1.54, 1.807) is 17.8 Å². The summed E-state index contributed by atoms with van der Waals surface area (Å²) in [5, 5.41) is 9.77. The lowest BCUT2D eigenvalue weighted by Gasteiger charge is -2.08. The lowest BCUT2D eigenvalue weighted by molar-refractivity contribution is 0.477. The van der Waals surface area contributed by atoms with Crippen LogP contribution in [0.1, 0.15) is 0 Å². The first-order valence-corrected chi connectivity index (χ1v) is 5.97. The minimum Gasteiger partial charge on any atom is -0.507 e. The number of hydrogen-bond acceptors (Lipinski definition) is 2. The largest absolute Gasteiger partial charge is 0.507 e. The van der Waals surface area contributed by atoms with Gasteiger partial charge in [-0.05, 0) is 24.0 Å². The standard InChI is InChI=1S/C13H12OS/c1-15-13-9-5-3-7-11(13)10-6-2-4-8-12(10)14/h2-9,14H,1H3. The molecule has 0 fully saturated rings. The molecule has 2 aromatic rings. The molecule has 0 aliphatic rings. The highest BCUT2D eigenvalue weighted by molar-refractivity contribution is 7.98. The van der Waals surface area contributed by atoms with E-state index in [0.29, 0.717) is 5.75 Å². The molecular weight excluding hydrogens is 204 g/mol. The van der Waals surface area contributed by atoms with E-state index in [1.807, 2.05) is 42.7 Å². The van der Waals surface area contributed by atoms with Gasteiger partial charge in [0.15, 0.2) is 0 Å². The second-order valence-electron chi connectivity index (χ2n) is 3.22. The number of hydrogen-bond donors (Lipinski definition) is 1. The van der Waals surface area contributed by atoms with Crippen molar-refractivity contribution in [2.24, 2.45) is 0 Å². The van der Waals surface area contributed by atoms with Crippen LogP contribution in [-0.2, 0) is 0 Å². The fourth-order valence-electron chi connectivity index (χ4n) is 1.57. The minimum atomic E-state index is 0.332. The van der Waals surface area contributed by atoms with E-state index in [9.17, 15) is 5.11 Å². The Morgan fingerprint density at radius 3 is 2.13 bits per heavy atom. The highest BCUT2D eigenvalue weighted by Gasteiger charge is 2.06. The highest BCUT2D eigenvalue weighted by atomic mass is 32.2. The third kappa shape index (κ3) is 2.00. The monoisotopic (exact) mass is 216 g/mol. The van der Waals surface area contributed by atoms with Crippen LogP contribution in [0.2, 0.25) is 0 Å². The van der Waals surface area contributed by atoms with Crippen molar-refractivity contribution in [3.05, 3.63) is 48.5 Å². The second-order valence-corrected chi connectivity index (χ2v) is 4.07. The van der Waals surface area contributed by atoms with Gasteiger partial charge in [0.2, 0.25) is 0 Å². The van der Waals surface area contributed by atoms with E-state index in [2.05, 4.69) is 6.07 Å². The van der Waals surface area contributed by atoms with Gasteiger partial charge >= 0.3 is 0 Å². The van der Waals surface area contributed by atoms with Crippen LogP contribution in [0, 0.1) is 0 Å². The molecule has 2 aromatic carbocycles. The number of aromatic hydroxyl groups is 1. The summed E-state index contributed by atoms with van der Waals surface area (Å²) in [6.45, 7) is 0. The molecule has 2 rings (SSSR count). The molecule has 0 bridgehead atoms. The summed E-state index contributed by atoms with van der Waals surface area (Å²) >= 11 is 1.69. The summed E-state index contributed by atoms with van der Waals surface area (Å²) in [6, 6.07) is 15.5. The van der Waals surface area contributed by atoms with Crippen molar-refractivity contribution >= 4 is 11.8 Å². The summed E-state index contributed by atoms with van der Waals surface area (Å²) in [6.07, 6.45) is 2.04. The van der Waals surface area contributed by atoms with Crippen LogP contribution in [0.3, 0.4) is 0 Å². The molecule has 0 saturated carbocycles. The van der Waals surface area contributed by atoms with E-state index < -0.39 is 0 Å². The highest BCUT2D eigenvalue weighted by Crippen LogP contribution is 2.34. The first-order chi connectivity index (χ1) is 7.33. The molecule has 0 heterocycles. The third-order valence-electron chi connectivity index (χ3n) is 2.30. The first-order valence-electron chi connectivity index (χ1n) is 4.74. The van der Waals surface area contributed by atoms with Crippen molar-refractivity contribution < 1.29 is 5.11 Å². The Morgan fingerprint density at radius 2 is 1.47 bits per heavy atom. The smallest absolute Gasteiger partial charge is 0.123 e. The Balaban J connectivity index is 2.59. The van der Waals surface area contributed by atoms with Crippen LogP contribution in [0.5, 0.6) is 5.75 Å². The SMILES string of the molecule is CSc1ccccc1-c1ccccc1O. The van der Waals surface area contributed by atoms with Gasteiger partial charge in [0.1, 0.15) is 5.75 Å². The van der Waals surface area contributed by atoms with Crippen LogP contribution in [0.25, 0.3) is 11.1 Å². The van der Waals surface area contributed by atoms with Crippen LogP contribution in [0.15, 0.2) is 53.4 Å². The maximum Gasteiger partial charge on any atom is 0.123 e. The normalized spacial score (nSPS) is 10.2. The van der Waals surface area contributed by atoms with Gasteiger partial charge in [-0.2, -0.15) is 0 Å². The third-order valence-corrected chi connectivity index (χ3v) is 3.10. The van der Waals surface area contributed by atoms with E-state index in [1.165, 1.54) is 4.90 Å². The zero-order chi connectivity index (χ0) is 10.7. The van der Waals surface area contributed by atoms with E-state index in [0.717, 1.165) is 11.1 Å². The molecule has 0 saturated heterocycles. The summed E-state index contributed by atoms with van der Waals surface area (Å²) in [7, 11) is 0. The molecule has 2 heteroatoms. The van der Waals surface area contributed by atoms with Gasteiger partial charge in [-0.15, -0.1) is 11.8 Å². The molecule has 0 aliphatic carbocycles. The molecule has 0 spiro atoms. The van der Waals surface area contributed by atoms with Crippen LogP contribution in [-0.4, -0.2) is 11.4 Å². The maximum atomic E-state index is 9.77. The number of para-hydroxylation sites is 1. The number of benzene rings is 2. The fraction of sp³-hybridized carbons (Fsp3) is 0.0769. The maximum absolute atomic E-state index is 9.77. The van der Waals surface area contributed by atoms with Gasteiger partial charge < -0.3 is 5.11 Å². The van der Waals surface area contributed by atoms with Gasteiger partial charge in [0, 0.05) is 10.5 Å². The molecule has 1 nitrogen and oxygen atoms in total. The number of phenolic OH excluding ortho intramolecular Hbond substituents is 1. The Hall–Kier alpha value is -1.41. The van der Waals surface area contributed by atoms with Crippen molar-refractivity contribution in [2.75, 3.05) is 6.26 Å². The lowest BCUT2D eigenvalue weighted by atomic mass is 10.0. The van der Waals surface area contributed by atoms with Crippen molar-refractivity contribution in [1.29, 1.82) is 0 Å². The Labute approximate surface area is 93.8 Å². The summed E-state index contributed by atoms with van der Waals surface area (Å²) in [5.74, 6) is 0.332. The molecule has 0 amide bonds. The van der Waals surface area contributed by atoms with Crippen LogP contribution >= 0.6 is 11.8 Å². The molecule has 0 unspecified atom stereocenters. The quantitative estimate of drug-likeness (QED) is 0.771.